The van der Waals surface area contributed by atoms with Gasteiger partial charge in [-0.3, -0.25) is 4.79 Å². The van der Waals surface area contributed by atoms with Crippen LogP contribution < -0.4 is 5.32 Å². The van der Waals surface area contributed by atoms with Crippen LogP contribution in [0.5, 0.6) is 0 Å². The summed E-state index contributed by atoms with van der Waals surface area (Å²) in [4.78, 5) is 28.9. The van der Waals surface area contributed by atoms with Gasteiger partial charge in [0.15, 0.2) is 0 Å². The van der Waals surface area contributed by atoms with E-state index >= 15 is 0 Å². The minimum atomic E-state index is -0.353. The highest BCUT2D eigenvalue weighted by atomic mass is 35.5. The van der Waals surface area contributed by atoms with E-state index < -0.39 is 0 Å². The fourth-order valence-electron chi connectivity index (χ4n) is 3.50. The number of nitrogens with zero attached hydrogens (tertiary/aromatic N) is 2. The predicted octanol–water partition coefficient (Wildman–Crippen LogP) is 3.37. The van der Waals surface area contributed by atoms with Gasteiger partial charge in [0.2, 0.25) is 5.91 Å². The van der Waals surface area contributed by atoms with Crippen molar-refractivity contribution in [3.8, 4) is 0 Å². The Hall–Kier alpha value is -1.75. The van der Waals surface area contributed by atoms with Gasteiger partial charge in [0.05, 0.1) is 5.54 Å². The molecule has 1 N–H and O–H groups in total. The Morgan fingerprint density at radius 1 is 1.36 bits per heavy atom. The Bertz CT molecular complexity index is 660. The van der Waals surface area contributed by atoms with E-state index in [1.54, 1.807) is 9.80 Å². The summed E-state index contributed by atoms with van der Waals surface area (Å²) >= 11 is 6.11. The average Bonchev–Trinajstić information content (AvgIpc) is 3.37. The van der Waals surface area contributed by atoms with Crippen LogP contribution in [0.15, 0.2) is 24.3 Å². The highest BCUT2D eigenvalue weighted by Gasteiger charge is 2.47. The number of halogens is 1. The predicted molar refractivity (Wildman–Crippen MR) is 98.6 cm³/mol. The lowest BCUT2D eigenvalue weighted by Crippen LogP contribution is -2.60. The minimum absolute atomic E-state index is 0.0439. The number of likely N-dealkylation sites (N-methyl/N-ethyl adjacent to an activating group) is 1. The van der Waals surface area contributed by atoms with Gasteiger partial charge in [-0.2, -0.15) is 0 Å². The third-order valence-electron chi connectivity index (χ3n) is 5.28. The van der Waals surface area contributed by atoms with Crippen molar-refractivity contribution < 1.29 is 9.59 Å². The van der Waals surface area contributed by atoms with Crippen LogP contribution in [-0.4, -0.2) is 47.9 Å². The molecule has 3 amide bonds. The van der Waals surface area contributed by atoms with Crippen molar-refractivity contribution in [3.05, 3.63) is 34.9 Å². The number of unbranched alkanes of at least 4 members (excludes halogenated alkanes) is 1. The second kappa shape index (κ2) is 7.24. The maximum atomic E-state index is 12.9. The van der Waals surface area contributed by atoms with Crippen LogP contribution in [0.3, 0.4) is 0 Å². The molecule has 1 aliphatic heterocycles. The molecule has 6 heteroatoms. The lowest BCUT2D eigenvalue weighted by atomic mass is 10.0. The van der Waals surface area contributed by atoms with Crippen LogP contribution in [-0.2, 0) is 10.3 Å². The smallest absolute Gasteiger partial charge is 0.318 e. The van der Waals surface area contributed by atoms with Crippen molar-refractivity contribution in [2.45, 2.75) is 50.6 Å². The Labute approximate surface area is 154 Å². The van der Waals surface area contributed by atoms with Crippen LogP contribution >= 0.6 is 11.6 Å². The monoisotopic (exact) mass is 363 g/mol. The minimum Gasteiger partial charge on any atom is -0.342 e. The molecule has 0 spiro atoms. The standard InChI is InChI=1S/C19H26ClN3O2/c1-3-4-8-16-17(24)22(2)11-12-23(16)18(25)21-19(9-10-19)14-6-5-7-15(20)13-14/h5-7,13,16H,3-4,8-12H2,1-2H3,(H,21,25)/t16-/m0/s1. The Morgan fingerprint density at radius 3 is 2.76 bits per heavy atom. The van der Waals surface area contributed by atoms with Crippen LogP contribution in [0.2, 0.25) is 5.02 Å². The number of amides is 3. The molecule has 0 bridgehead atoms. The second-order valence-electron chi connectivity index (χ2n) is 7.13. The summed E-state index contributed by atoms with van der Waals surface area (Å²) in [6.07, 6.45) is 4.47. The van der Waals surface area contributed by atoms with E-state index in [4.69, 9.17) is 11.6 Å². The van der Waals surface area contributed by atoms with Crippen molar-refractivity contribution in [2.75, 3.05) is 20.1 Å². The van der Waals surface area contributed by atoms with E-state index in [0.29, 0.717) is 18.1 Å². The third-order valence-corrected chi connectivity index (χ3v) is 5.51. The van der Waals surface area contributed by atoms with Crippen LogP contribution in [0.4, 0.5) is 4.79 Å². The largest absolute Gasteiger partial charge is 0.342 e. The molecule has 1 heterocycles. The molecule has 3 rings (SSSR count). The van der Waals surface area contributed by atoms with Gasteiger partial charge >= 0.3 is 6.03 Å². The number of urea groups is 1. The Kier molecular flexibility index (Phi) is 5.23. The van der Waals surface area contributed by atoms with Gasteiger partial charge in [0.1, 0.15) is 6.04 Å². The molecule has 1 aromatic rings. The molecule has 1 aromatic carbocycles. The lowest BCUT2D eigenvalue weighted by Gasteiger charge is -2.40. The van der Waals surface area contributed by atoms with E-state index in [1.165, 1.54) is 0 Å². The van der Waals surface area contributed by atoms with E-state index in [-0.39, 0.29) is 23.5 Å². The molecular weight excluding hydrogens is 338 g/mol. The van der Waals surface area contributed by atoms with Gasteiger partial charge in [-0.1, -0.05) is 43.5 Å². The fourth-order valence-corrected chi connectivity index (χ4v) is 3.70. The number of nitrogens with one attached hydrogen (secondary N) is 1. The summed E-state index contributed by atoms with van der Waals surface area (Å²) in [5.74, 6) is 0.0439. The first-order valence-corrected chi connectivity index (χ1v) is 9.44. The molecular formula is C19H26ClN3O2. The van der Waals surface area contributed by atoms with Gasteiger partial charge in [0, 0.05) is 25.2 Å². The normalized spacial score (nSPS) is 22.0. The van der Waals surface area contributed by atoms with Crippen molar-refractivity contribution in [3.63, 3.8) is 0 Å². The molecule has 2 fully saturated rings. The van der Waals surface area contributed by atoms with Crippen molar-refractivity contribution >= 4 is 23.5 Å². The summed E-state index contributed by atoms with van der Waals surface area (Å²) in [5, 5.41) is 3.85. The summed E-state index contributed by atoms with van der Waals surface area (Å²) < 4.78 is 0. The first kappa shape index (κ1) is 18.1. The Morgan fingerprint density at radius 2 is 2.12 bits per heavy atom. The molecule has 0 aromatic heterocycles. The maximum Gasteiger partial charge on any atom is 0.318 e. The van der Waals surface area contributed by atoms with Crippen LogP contribution in [0.25, 0.3) is 0 Å². The van der Waals surface area contributed by atoms with E-state index in [0.717, 1.165) is 37.7 Å². The SMILES string of the molecule is CCCC[C@H]1C(=O)N(C)CCN1C(=O)NC1(c2cccc(Cl)c2)CC1. The van der Waals surface area contributed by atoms with E-state index in [9.17, 15) is 9.59 Å². The number of carbonyl (C=O) groups is 2. The zero-order chi connectivity index (χ0) is 18.0. The molecule has 5 nitrogen and oxygen atoms in total. The number of hydrogen-bond donors (Lipinski definition) is 1. The topological polar surface area (TPSA) is 52.7 Å². The molecule has 1 saturated heterocycles. The van der Waals surface area contributed by atoms with Gasteiger partial charge in [-0.15, -0.1) is 0 Å². The molecule has 136 valence electrons. The molecule has 1 saturated carbocycles. The van der Waals surface area contributed by atoms with Gasteiger partial charge in [-0.25, -0.2) is 4.79 Å². The second-order valence-corrected chi connectivity index (χ2v) is 7.57. The summed E-state index contributed by atoms with van der Waals surface area (Å²) in [7, 11) is 1.81. The number of benzene rings is 1. The first-order chi connectivity index (χ1) is 12.0. The summed E-state index contributed by atoms with van der Waals surface area (Å²) in [6.45, 7) is 3.26. The fraction of sp³-hybridized carbons (Fsp3) is 0.579. The van der Waals surface area contributed by atoms with E-state index in [1.807, 2.05) is 31.3 Å². The molecule has 0 radical (unpaired) electrons. The van der Waals surface area contributed by atoms with E-state index in [2.05, 4.69) is 12.2 Å². The Balaban J connectivity index is 1.74. The summed E-state index contributed by atoms with van der Waals surface area (Å²) in [6, 6.07) is 7.17. The number of piperazine rings is 1. The zero-order valence-electron chi connectivity index (χ0n) is 14.9. The van der Waals surface area contributed by atoms with Gasteiger partial charge in [-0.05, 0) is 37.0 Å². The molecule has 2 aliphatic rings. The maximum absolute atomic E-state index is 12.9. The van der Waals surface area contributed by atoms with Crippen LogP contribution in [0, 0.1) is 0 Å². The van der Waals surface area contributed by atoms with Crippen molar-refractivity contribution in [2.24, 2.45) is 0 Å². The molecule has 0 unspecified atom stereocenters. The molecule has 25 heavy (non-hydrogen) atoms. The number of rotatable bonds is 5. The number of hydrogen-bond acceptors (Lipinski definition) is 2. The zero-order valence-corrected chi connectivity index (χ0v) is 15.7. The van der Waals surface area contributed by atoms with Crippen molar-refractivity contribution in [1.82, 2.24) is 15.1 Å². The number of carbonyl (C=O) groups excluding carboxylic acids is 2. The highest BCUT2D eigenvalue weighted by molar-refractivity contribution is 6.30. The lowest BCUT2D eigenvalue weighted by molar-refractivity contribution is -0.138. The quantitative estimate of drug-likeness (QED) is 0.872. The molecule has 1 aliphatic carbocycles. The van der Waals surface area contributed by atoms with Crippen LogP contribution in [0.1, 0.15) is 44.6 Å². The third kappa shape index (κ3) is 3.76. The first-order valence-electron chi connectivity index (χ1n) is 9.06. The average molecular weight is 364 g/mol. The van der Waals surface area contributed by atoms with Gasteiger partial charge in [0.25, 0.3) is 0 Å². The highest BCUT2D eigenvalue weighted by Crippen LogP contribution is 2.46. The van der Waals surface area contributed by atoms with Gasteiger partial charge < -0.3 is 15.1 Å². The van der Waals surface area contributed by atoms with Crippen molar-refractivity contribution in [1.29, 1.82) is 0 Å². The molecule has 1 atom stereocenters. The summed E-state index contributed by atoms with van der Waals surface area (Å²) in [5.41, 5.74) is 0.711.